The van der Waals surface area contributed by atoms with E-state index >= 15 is 0 Å². The molecule has 1 atom stereocenters. The molecule has 0 amide bonds. The second-order valence-electron chi connectivity index (χ2n) is 5.98. The molecule has 1 aromatic heterocycles. The molecule has 0 aliphatic rings. The largest absolute Gasteiger partial charge is 0.314 e. The summed E-state index contributed by atoms with van der Waals surface area (Å²) in [5.74, 6) is 0.741. The number of nitrogens with zero attached hydrogens (tertiary/aromatic N) is 2. The molecule has 1 rings (SSSR count). The molecule has 0 spiro atoms. The van der Waals surface area contributed by atoms with E-state index in [-0.39, 0.29) is 0 Å². The third-order valence-corrected chi connectivity index (χ3v) is 4.65. The number of hydrogen-bond acceptors (Lipinski definition) is 2. The van der Waals surface area contributed by atoms with Crippen molar-refractivity contribution in [3.05, 3.63) is 15.9 Å². The van der Waals surface area contributed by atoms with Crippen molar-refractivity contribution in [3.8, 4) is 0 Å². The number of nitrogens with one attached hydrogen (secondary N) is 1. The van der Waals surface area contributed by atoms with Crippen molar-refractivity contribution in [1.29, 1.82) is 0 Å². The minimum atomic E-state index is 0.613. The van der Waals surface area contributed by atoms with Gasteiger partial charge >= 0.3 is 0 Å². The summed E-state index contributed by atoms with van der Waals surface area (Å²) in [5, 5.41) is 8.27. The molecule has 0 aliphatic heterocycles. The average Bonchev–Trinajstić information content (AvgIpc) is 2.68. The molecule has 1 N–H and O–H groups in total. The lowest BCUT2D eigenvalue weighted by Crippen LogP contribution is -2.31. The van der Waals surface area contributed by atoms with E-state index in [1.54, 1.807) is 0 Å². The van der Waals surface area contributed by atoms with Crippen LogP contribution in [0.1, 0.15) is 58.3 Å². The van der Waals surface area contributed by atoms with Gasteiger partial charge in [0.25, 0.3) is 0 Å². The first-order valence-corrected chi connectivity index (χ1v) is 8.73. The summed E-state index contributed by atoms with van der Waals surface area (Å²) in [4.78, 5) is 0. The summed E-state index contributed by atoms with van der Waals surface area (Å²) in [6.45, 7) is 13.1. The predicted molar refractivity (Wildman–Crippen MR) is 90.2 cm³/mol. The van der Waals surface area contributed by atoms with Crippen molar-refractivity contribution < 1.29 is 0 Å². The minimum absolute atomic E-state index is 0.613. The Morgan fingerprint density at radius 3 is 2.55 bits per heavy atom. The van der Waals surface area contributed by atoms with Crippen LogP contribution in [0.4, 0.5) is 0 Å². The second-order valence-corrected chi connectivity index (χ2v) is 6.77. The van der Waals surface area contributed by atoms with Gasteiger partial charge in [0.1, 0.15) is 0 Å². The first-order chi connectivity index (χ1) is 9.49. The highest BCUT2D eigenvalue weighted by molar-refractivity contribution is 9.10. The van der Waals surface area contributed by atoms with Gasteiger partial charge in [-0.25, -0.2) is 0 Å². The smallest absolute Gasteiger partial charge is 0.0738 e. The maximum Gasteiger partial charge on any atom is 0.0738 e. The van der Waals surface area contributed by atoms with Gasteiger partial charge in [-0.1, -0.05) is 20.8 Å². The minimum Gasteiger partial charge on any atom is -0.314 e. The van der Waals surface area contributed by atoms with E-state index in [9.17, 15) is 0 Å². The lowest BCUT2D eigenvalue weighted by atomic mass is 9.98. The van der Waals surface area contributed by atoms with Crippen LogP contribution in [-0.2, 0) is 13.0 Å². The molecule has 1 heterocycles. The summed E-state index contributed by atoms with van der Waals surface area (Å²) < 4.78 is 3.32. The summed E-state index contributed by atoms with van der Waals surface area (Å²) in [7, 11) is 0. The van der Waals surface area contributed by atoms with E-state index in [0.717, 1.165) is 31.1 Å². The van der Waals surface area contributed by atoms with Gasteiger partial charge in [0, 0.05) is 12.6 Å². The molecular weight excluding hydrogens is 314 g/mol. The molecule has 116 valence electrons. The fourth-order valence-corrected chi connectivity index (χ4v) is 3.12. The summed E-state index contributed by atoms with van der Waals surface area (Å²) in [6.07, 6.45) is 4.71. The molecular formula is C16H30BrN3. The Morgan fingerprint density at radius 1 is 1.30 bits per heavy atom. The fourth-order valence-electron chi connectivity index (χ4n) is 2.64. The van der Waals surface area contributed by atoms with Crippen LogP contribution in [0.15, 0.2) is 4.47 Å². The Hall–Kier alpha value is -0.350. The maximum atomic E-state index is 4.58. The molecule has 0 saturated carbocycles. The van der Waals surface area contributed by atoms with Gasteiger partial charge in [0.2, 0.25) is 0 Å². The van der Waals surface area contributed by atoms with Gasteiger partial charge in [-0.15, -0.1) is 0 Å². The number of aryl methyl sites for hydroxylation is 2. The molecule has 0 fully saturated rings. The van der Waals surface area contributed by atoms with E-state index in [4.69, 9.17) is 0 Å². The van der Waals surface area contributed by atoms with E-state index in [1.165, 1.54) is 29.4 Å². The lowest BCUT2D eigenvalue weighted by Gasteiger charge is -2.20. The van der Waals surface area contributed by atoms with Gasteiger partial charge in [-0.05, 0) is 67.9 Å². The fraction of sp³-hybridized carbons (Fsp3) is 0.812. The van der Waals surface area contributed by atoms with Crippen molar-refractivity contribution in [2.45, 2.75) is 72.9 Å². The van der Waals surface area contributed by atoms with Gasteiger partial charge in [0.05, 0.1) is 15.9 Å². The predicted octanol–water partition coefficient (Wildman–Crippen LogP) is 4.32. The summed E-state index contributed by atoms with van der Waals surface area (Å²) >= 11 is 3.69. The Bertz CT molecular complexity index is 399. The second kappa shape index (κ2) is 8.83. The number of aromatic nitrogens is 2. The van der Waals surface area contributed by atoms with Crippen LogP contribution in [0, 0.1) is 12.8 Å². The molecule has 0 bridgehead atoms. The molecule has 0 saturated heterocycles. The highest BCUT2D eigenvalue weighted by Crippen LogP contribution is 2.23. The van der Waals surface area contributed by atoms with Crippen molar-refractivity contribution in [1.82, 2.24) is 15.1 Å². The normalized spacial score (nSPS) is 13.2. The molecule has 0 radical (unpaired) electrons. The number of rotatable bonds is 9. The first kappa shape index (κ1) is 17.7. The Morgan fingerprint density at radius 2 is 2.00 bits per heavy atom. The zero-order valence-corrected chi connectivity index (χ0v) is 15.3. The van der Waals surface area contributed by atoms with Crippen molar-refractivity contribution in [3.63, 3.8) is 0 Å². The first-order valence-electron chi connectivity index (χ1n) is 7.94. The van der Waals surface area contributed by atoms with Crippen LogP contribution in [-0.4, -0.2) is 22.4 Å². The van der Waals surface area contributed by atoms with Crippen molar-refractivity contribution in [2.75, 3.05) is 6.54 Å². The van der Waals surface area contributed by atoms with Crippen LogP contribution >= 0.6 is 15.9 Å². The van der Waals surface area contributed by atoms with Gasteiger partial charge < -0.3 is 5.32 Å². The SMILES string of the molecule is CCCNC(CCc1c(Br)c(C)nn1CC)CC(C)C. The quantitative estimate of drug-likeness (QED) is 0.723. The van der Waals surface area contributed by atoms with E-state index in [1.807, 2.05) is 0 Å². The van der Waals surface area contributed by atoms with Crippen LogP contribution < -0.4 is 5.32 Å². The molecule has 0 aromatic carbocycles. The molecule has 1 unspecified atom stereocenters. The summed E-state index contributed by atoms with van der Waals surface area (Å²) in [5.41, 5.74) is 2.45. The lowest BCUT2D eigenvalue weighted by molar-refractivity contribution is 0.394. The monoisotopic (exact) mass is 343 g/mol. The van der Waals surface area contributed by atoms with Crippen LogP contribution in [0.2, 0.25) is 0 Å². The van der Waals surface area contributed by atoms with E-state index in [0.29, 0.717) is 6.04 Å². The maximum absolute atomic E-state index is 4.58. The molecule has 1 aromatic rings. The van der Waals surface area contributed by atoms with Crippen LogP contribution in [0.25, 0.3) is 0 Å². The van der Waals surface area contributed by atoms with E-state index in [2.05, 4.69) is 65.6 Å². The molecule has 20 heavy (non-hydrogen) atoms. The average molecular weight is 344 g/mol. The van der Waals surface area contributed by atoms with Gasteiger partial charge in [0.15, 0.2) is 0 Å². The standard InChI is InChI=1S/C16H30BrN3/c1-6-10-18-14(11-12(3)4)8-9-15-16(17)13(5)19-20(15)7-2/h12,14,18H,6-11H2,1-5H3. The topological polar surface area (TPSA) is 29.9 Å². The van der Waals surface area contributed by atoms with Gasteiger partial charge in [-0.3, -0.25) is 4.68 Å². The highest BCUT2D eigenvalue weighted by Gasteiger charge is 2.15. The van der Waals surface area contributed by atoms with Crippen LogP contribution in [0.5, 0.6) is 0 Å². The third kappa shape index (κ3) is 5.21. The zero-order valence-electron chi connectivity index (χ0n) is 13.7. The Labute approximate surface area is 132 Å². The highest BCUT2D eigenvalue weighted by atomic mass is 79.9. The van der Waals surface area contributed by atoms with Crippen molar-refractivity contribution in [2.24, 2.45) is 5.92 Å². The number of halogens is 1. The molecule has 0 aliphatic carbocycles. The van der Waals surface area contributed by atoms with Crippen molar-refractivity contribution >= 4 is 15.9 Å². The Kier molecular flexibility index (Phi) is 7.82. The third-order valence-electron chi connectivity index (χ3n) is 3.62. The van der Waals surface area contributed by atoms with E-state index < -0.39 is 0 Å². The zero-order chi connectivity index (χ0) is 15.1. The van der Waals surface area contributed by atoms with Gasteiger partial charge in [-0.2, -0.15) is 5.10 Å². The molecule has 3 nitrogen and oxygen atoms in total. The van der Waals surface area contributed by atoms with Crippen LogP contribution in [0.3, 0.4) is 0 Å². The number of hydrogen-bond donors (Lipinski definition) is 1. The molecule has 4 heteroatoms. The Balaban J connectivity index is 2.66. The summed E-state index contributed by atoms with van der Waals surface area (Å²) in [6, 6.07) is 0.613.